The predicted molar refractivity (Wildman–Crippen MR) is 70.6 cm³/mol. The van der Waals surface area contributed by atoms with Crippen LogP contribution in [-0.2, 0) is 10.0 Å². The predicted octanol–water partition coefficient (Wildman–Crippen LogP) is 2.02. The Balaban J connectivity index is 2.42. The van der Waals surface area contributed by atoms with E-state index in [1.165, 1.54) is 24.4 Å². The fraction of sp³-hybridized carbons (Fsp3) is 0.231. The molecule has 2 rings (SSSR count). The van der Waals surface area contributed by atoms with Gasteiger partial charge in [-0.05, 0) is 25.1 Å². The number of aromatic nitrogens is 2. The lowest BCUT2D eigenvalue weighted by Gasteiger charge is -2.04. The van der Waals surface area contributed by atoms with Crippen LogP contribution in [0.1, 0.15) is 29.4 Å². The molecular formula is C13H14N2O3S. The summed E-state index contributed by atoms with van der Waals surface area (Å²) in [5.41, 5.74) is 1.14. The molecule has 0 aliphatic heterocycles. The van der Waals surface area contributed by atoms with Gasteiger partial charge >= 0.3 is 0 Å². The minimum atomic E-state index is -3.72. The monoisotopic (exact) mass is 278 g/mol. The van der Waals surface area contributed by atoms with Crippen LogP contribution in [0.15, 0.2) is 41.4 Å². The van der Waals surface area contributed by atoms with Gasteiger partial charge in [0.1, 0.15) is 5.69 Å². The van der Waals surface area contributed by atoms with Crippen LogP contribution in [0, 0.1) is 6.92 Å². The van der Waals surface area contributed by atoms with E-state index < -0.39 is 10.0 Å². The highest BCUT2D eigenvalue weighted by Gasteiger charge is 2.19. The quantitative estimate of drug-likeness (QED) is 0.802. The second kappa shape index (κ2) is 4.97. The smallest absolute Gasteiger partial charge is 0.282 e. The van der Waals surface area contributed by atoms with Gasteiger partial charge in [-0.3, -0.25) is 4.79 Å². The van der Waals surface area contributed by atoms with Crippen LogP contribution >= 0.6 is 0 Å². The summed E-state index contributed by atoms with van der Waals surface area (Å²) >= 11 is 0. The number of benzene rings is 1. The number of hydrogen-bond acceptors (Lipinski definition) is 4. The third kappa shape index (κ3) is 2.58. The zero-order valence-corrected chi connectivity index (χ0v) is 11.5. The Kier molecular flexibility index (Phi) is 3.53. The van der Waals surface area contributed by atoms with Crippen LogP contribution in [0.3, 0.4) is 0 Å². The van der Waals surface area contributed by atoms with Gasteiger partial charge in [-0.15, -0.1) is 0 Å². The maximum Gasteiger partial charge on any atom is 0.282 e. The van der Waals surface area contributed by atoms with Gasteiger partial charge in [0.25, 0.3) is 10.0 Å². The second-order valence-corrected chi connectivity index (χ2v) is 5.96. The maximum atomic E-state index is 12.3. The molecule has 0 atom stereocenters. The number of hydrogen-bond donors (Lipinski definition) is 0. The number of aryl methyl sites for hydroxylation is 1. The molecule has 100 valence electrons. The lowest BCUT2D eigenvalue weighted by molar-refractivity contribution is 0.0983. The molecule has 19 heavy (non-hydrogen) atoms. The van der Waals surface area contributed by atoms with E-state index in [1.807, 2.05) is 6.92 Å². The topological polar surface area (TPSA) is 69.0 Å². The van der Waals surface area contributed by atoms with E-state index in [0.717, 1.165) is 9.65 Å². The SMILES string of the molecule is CCC(=O)c1ccn(S(=O)(=O)c2ccc(C)cc2)n1. The first-order chi connectivity index (χ1) is 8.95. The van der Waals surface area contributed by atoms with E-state index >= 15 is 0 Å². The third-order valence-corrected chi connectivity index (χ3v) is 4.30. The summed E-state index contributed by atoms with van der Waals surface area (Å²) in [6.07, 6.45) is 1.58. The molecule has 0 spiro atoms. The molecule has 0 aliphatic rings. The number of carbonyl (C=O) groups excluding carboxylic acids is 1. The normalized spacial score (nSPS) is 11.5. The van der Waals surface area contributed by atoms with Crippen molar-refractivity contribution in [2.45, 2.75) is 25.2 Å². The van der Waals surface area contributed by atoms with Crippen LogP contribution in [0.25, 0.3) is 0 Å². The number of nitrogens with zero attached hydrogens (tertiary/aromatic N) is 2. The van der Waals surface area contributed by atoms with Crippen LogP contribution in [0.4, 0.5) is 0 Å². The van der Waals surface area contributed by atoms with Crippen LogP contribution in [-0.4, -0.2) is 23.4 Å². The fourth-order valence-corrected chi connectivity index (χ4v) is 2.70. The van der Waals surface area contributed by atoms with E-state index in [9.17, 15) is 13.2 Å². The molecule has 0 N–H and O–H groups in total. The van der Waals surface area contributed by atoms with Gasteiger partial charge in [-0.1, -0.05) is 24.6 Å². The highest BCUT2D eigenvalue weighted by molar-refractivity contribution is 7.89. The minimum Gasteiger partial charge on any atom is -0.292 e. The molecule has 0 amide bonds. The molecule has 0 radical (unpaired) electrons. The van der Waals surface area contributed by atoms with E-state index in [-0.39, 0.29) is 16.4 Å². The Labute approximate surface area is 111 Å². The Morgan fingerprint density at radius 3 is 2.42 bits per heavy atom. The molecule has 0 saturated heterocycles. The third-order valence-electron chi connectivity index (χ3n) is 2.74. The fourth-order valence-electron chi connectivity index (χ4n) is 1.59. The Bertz CT molecular complexity index is 700. The van der Waals surface area contributed by atoms with Crippen molar-refractivity contribution in [1.82, 2.24) is 9.19 Å². The van der Waals surface area contributed by atoms with Gasteiger partial charge in [0.05, 0.1) is 4.90 Å². The highest BCUT2D eigenvalue weighted by atomic mass is 32.2. The molecule has 0 aliphatic carbocycles. The van der Waals surface area contributed by atoms with Gasteiger partial charge in [-0.25, -0.2) is 0 Å². The zero-order chi connectivity index (χ0) is 14.0. The molecule has 6 heteroatoms. The Morgan fingerprint density at radius 1 is 1.21 bits per heavy atom. The van der Waals surface area contributed by atoms with E-state index in [2.05, 4.69) is 5.10 Å². The Hall–Kier alpha value is -1.95. The van der Waals surface area contributed by atoms with Gasteiger partial charge in [0.15, 0.2) is 5.78 Å². The summed E-state index contributed by atoms with van der Waals surface area (Å²) in [5.74, 6) is -0.183. The number of rotatable bonds is 4. The summed E-state index contributed by atoms with van der Waals surface area (Å²) in [4.78, 5) is 11.6. The van der Waals surface area contributed by atoms with E-state index in [4.69, 9.17) is 0 Å². The standard InChI is InChI=1S/C13H14N2O3S/c1-3-13(16)12-8-9-15(14-12)19(17,18)11-6-4-10(2)5-7-11/h4-9H,3H2,1-2H3. The van der Waals surface area contributed by atoms with Crippen LogP contribution in [0.5, 0.6) is 0 Å². The van der Waals surface area contributed by atoms with Crippen molar-refractivity contribution in [1.29, 1.82) is 0 Å². The van der Waals surface area contributed by atoms with Gasteiger partial charge in [-0.2, -0.15) is 17.6 Å². The summed E-state index contributed by atoms with van der Waals surface area (Å²) < 4.78 is 25.4. The van der Waals surface area contributed by atoms with Crippen LogP contribution < -0.4 is 0 Å². The van der Waals surface area contributed by atoms with Crippen LogP contribution in [0.2, 0.25) is 0 Å². The van der Waals surface area contributed by atoms with Crippen molar-refractivity contribution in [2.75, 3.05) is 0 Å². The van der Waals surface area contributed by atoms with Crippen molar-refractivity contribution in [2.24, 2.45) is 0 Å². The highest BCUT2D eigenvalue weighted by Crippen LogP contribution is 2.14. The number of ketones is 1. The molecule has 1 aromatic heterocycles. The van der Waals surface area contributed by atoms with Crippen molar-refractivity contribution in [3.05, 3.63) is 47.8 Å². The first-order valence-corrected chi connectivity index (χ1v) is 7.30. The zero-order valence-electron chi connectivity index (χ0n) is 10.7. The second-order valence-electron chi connectivity index (χ2n) is 4.17. The van der Waals surface area contributed by atoms with Gasteiger partial charge in [0, 0.05) is 12.6 Å². The first kappa shape index (κ1) is 13.5. The average Bonchev–Trinajstić information content (AvgIpc) is 2.88. The maximum absolute atomic E-state index is 12.3. The minimum absolute atomic E-state index is 0.150. The molecular weight excluding hydrogens is 264 g/mol. The largest absolute Gasteiger partial charge is 0.292 e. The van der Waals surface area contributed by atoms with Crippen molar-refractivity contribution >= 4 is 15.8 Å². The molecule has 2 aromatic rings. The molecule has 0 unspecified atom stereocenters. The van der Waals surface area contributed by atoms with E-state index in [1.54, 1.807) is 19.1 Å². The number of carbonyl (C=O) groups is 1. The molecule has 1 heterocycles. The summed E-state index contributed by atoms with van der Waals surface area (Å²) in [6, 6.07) is 7.89. The summed E-state index contributed by atoms with van der Waals surface area (Å²) in [6.45, 7) is 3.58. The Morgan fingerprint density at radius 2 is 1.84 bits per heavy atom. The lowest BCUT2D eigenvalue weighted by atomic mass is 10.2. The average molecular weight is 278 g/mol. The summed E-state index contributed by atoms with van der Waals surface area (Å²) in [5, 5.41) is 3.83. The first-order valence-electron chi connectivity index (χ1n) is 5.86. The van der Waals surface area contributed by atoms with Crippen molar-refractivity contribution in [3.63, 3.8) is 0 Å². The molecule has 0 fully saturated rings. The molecule has 5 nitrogen and oxygen atoms in total. The molecule has 0 bridgehead atoms. The van der Waals surface area contributed by atoms with Crippen molar-refractivity contribution < 1.29 is 13.2 Å². The van der Waals surface area contributed by atoms with Gasteiger partial charge in [0.2, 0.25) is 0 Å². The number of Topliss-reactive ketones (excluding diaryl/α,β-unsaturated/α-hetero) is 1. The molecule has 0 saturated carbocycles. The van der Waals surface area contributed by atoms with E-state index in [0.29, 0.717) is 6.42 Å². The van der Waals surface area contributed by atoms with Gasteiger partial charge < -0.3 is 0 Å². The molecule has 1 aromatic carbocycles. The summed E-state index contributed by atoms with van der Waals surface area (Å²) in [7, 11) is -3.72. The lowest BCUT2D eigenvalue weighted by Crippen LogP contribution is -2.14. The van der Waals surface area contributed by atoms with Crippen molar-refractivity contribution in [3.8, 4) is 0 Å².